The van der Waals surface area contributed by atoms with Crippen LogP contribution in [0.4, 0.5) is 9.59 Å². The Kier molecular flexibility index (Phi) is 7.30. The van der Waals surface area contributed by atoms with Crippen molar-refractivity contribution in [1.29, 1.82) is 0 Å². The molecule has 2 N–H and O–H groups in total. The molecule has 0 heterocycles. The van der Waals surface area contributed by atoms with Crippen molar-refractivity contribution < 1.29 is 23.8 Å². The molecule has 7 nitrogen and oxygen atoms in total. The van der Waals surface area contributed by atoms with Gasteiger partial charge in [0, 0.05) is 13.6 Å². The van der Waals surface area contributed by atoms with E-state index in [1.807, 2.05) is 36.4 Å². The highest BCUT2D eigenvalue weighted by Crippen LogP contribution is 2.29. The van der Waals surface area contributed by atoms with E-state index in [-0.39, 0.29) is 0 Å². The molecule has 0 aliphatic carbocycles. The SMILES string of the molecule is CNC(=O)Oc1ccc(CCNC(=O)OC)cc1OCc1ccccc1. The van der Waals surface area contributed by atoms with Crippen molar-refractivity contribution in [2.24, 2.45) is 0 Å². The zero-order chi connectivity index (χ0) is 18.8. The molecule has 0 aliphatic rings. The Bertz CT molecular complexity index is 734. The molecule has 0 aromatic heterocycles. The Morgan fingerprint density at radius 3 is 2.42 bits per heavy atom. The highest BCUT2D eigenvalue weighted by atomic mass is 16.6. The molecule has 0 radical (unpaired) electrons. The maximum absolute atomic E-state index is 11.5. The van der Waals surface area contributed by atoms with Crippen LogP contribution in [0.5, 0.6) is 11.5 Å². The lowest BCUT2D eigenvalue weighted by Crippen LogP contribution is -2.25. The minimum atomic E-state index is -0.574. The molecular formula is C19H22N2O5. The van der Waals surface area contributed by atoms with Gasteiger partial charge in [0.15, 0.2) is 11.5 Å². The third kappa shape index (κ3) is 6.01. The van der Waals surface area contributed by atoms with E-state index in [0.717, 1.165) is 11.1 Å². The lowest BCUT2D eigenvalue weighted by molar-refractivity contribution is 0.171. The number of carbonyl (C=O) groups excluding carboxylic acids is 2. The van der Waals surface area contributed by atoms with E-state index in [1.165, 1.54) is 14.2 Å². The molecule has 2 rings (SSSR count). The molecule has 138 valence electrons. The summed E-state index contributed by atoms with van der Waals surface area (Å²) < 4.78 is 15.6. The second-order valence-corrected chi connectivity index (χ2v) is 5.36. The van der Waals surface area contributed by atoms with Crippen molar-refractivity contribution in [2.75, 3.05) is 20.7 Å². The standard InChI is InChI=1S/C19H22N2O5/c1-20-18(22)26-16-9-8-14(10-11-21-19(23)24-2)12-17(16)25-13-15-6-4-3-5-7-15/h3-9,12H,10-11,13H2,1-2H3,(H,20,22)(H,21,23). The maximum Gasteiger partial charge on any atom is 0.412 e. The number of nitrogens with one attached hydrogen (secondary N) is 2. The van der Waals surface area contributed by atoms with Crippen LogP contribution in [-0.4, -0.2) is 32.9 Å². The fraction of sp³-hybridized carbons (Fsp3) is 0.263. The molecule has 0 fully saturated rings. The summed E-state index contributed by atoms with van der Waals surface area (Å²) in [4.78, 5) is 22.6. The minimum absolute atomic E-state index is 0.324. The normalized spacial score (nSPS) is 9.92. The summed E-state index contributed by atoms with van der Waals surface area (Å²) in [6.45, 7) is 0.759. The topological polar surface area (TPSA) is 85.9 Å². The predicted octanol–water partition coefficient (Wildman–Crippen LogP) is 2.88. The first-order chi connectivity index (χ1) is 12.6. The van der Waals surface area contributed by atoms with Gasteiger partial charge in [0.05, 0.1) is 7.11 Å². The first kappa shape index (κ1) is 19.1. The largest absolute Gasteiger partial charge is 0.485 e. The average molecular weight is 358 g/mol. The van der Waals surface area contributed by atoms with Crippen LogP contribution in [0.2, 0.25) is 0 Å². The molecule has 26 heavy (non-hydrogen) atoms. The molecule has 0 saturated carbocycles. The summed E-state index contributed by atoms with van der Waals surface area (Å²) >= 11 is 0. The van der Waals surface area contributed by atoms with E-state index >= 15 is 0 Å². The predicted molar refractivity (Wildman–Crippen MR) is 96.4 cm³/mol. The van der Waals surface area contributed by atoms with Gasteiger partial charge in [0.2, 0.25) is 0 Å². The highest BCUT2D eigenvalue weighted by molar-refractivity contribution is 5.71. The van der Waals surface area contributed by atoms with Crippen molar-refractivity contribution in [3.63, 3.8) is 0 Å². The molecule has 0 atom stereocenters. The van der Waals surface area contributed by atoms with Crippen molar-refractivity contribution in [3.8, 4) is 11.5 Å². The van der Waals surface area contributed by atoms with Gasteiger partial charge < -0.3 is 24.8 Å². The van der Waals surface area contributed by atoms with Gasteiger partial charge in [0.1, 0.15) is 6.61 Å². The second kappa shape index (κ2) is 9.93. The van der Waals surface area contributed by atoms with Crippen LogP contribution in [0.3, 0.4) is 0 Å². The molecule has 2 aromatic rings. The smallest absolute Gasteiger partial charge is 0.412 e. The van der Waals surface area contributed by atoms with Crippen LogP contribution in [0.1, 0.15) is 11.1 Å². The van der Waals surface area contributed by atoms with Crippen molar-refractivity contribution in [2.45, 2.75) is 13.0 Å². The Labute approximate surface area is 152 Å². The number of rotatable bonds is 7. The van der Waals surface area contributed by atoms with Crippen LogP contribution in [0, 0.1) is 0 Å². The van der Waals surface area contributed by atoms with Crippen molar-refractivity contribution in [1.82, 2.24) is 10.6 Å². The van der Waals surface area contributed by atoms with Gasteiger partial charge in [0.25, 0.3) is 0 Å². The zero-order valence-corrected chi connectivity index (χ0v) is 14.8. The number of alkyl carbamates (subject to hydrolysis) is 1. The zero-order valence-electron chi connectivity index (χ0n) is 14.8. The lowest BCUT2D eigenvalue weighted by atomic mass is 10.1. The average Bonchev–Trinajstić information content (AvgIpc) is 2.68. The molecule has 2 aromatic carbocycles. The van der Waals surface area contributed by atoms with Gasteiger partial charge in [-0.2, -0.15) is 0 Å². The van der Waals surface area contributed by atoms with Crippen LogP contribution >= 0.6 is 0 Å². The minimum Gasteiger partial charge on any atom is -0.485 e. The Balaban J connectivity index is 2.09. The van der Waals surface area contributed by atoms with Crippen molar-refractivity contribution >= 4 is 12.2 Å². The third-order valence-corrected chi connectivity index (χ3v) is 3.52. The number of hydrogen-bond acceptors (Lipinski definition) is 5. The number of benzene rings is 2. The van der Waals surface area contributed by atoms with E-state index in [1.54, 1.807) is 12.1 Å². The van der Waals surface area contributed by atoms with E-state index in [2.05, 4.69) is 15.4 Å². The summed E-state index contributed by atoms with van der Waals surface area (Å²) in [6, 6.07) is 15.0. The van der Waals surface area contributed by atoms with E-state index < -0.39 is 12.2 Å². The van der Waals surface area contributed by atoms with Crippen LogP contribution < -0.4 is 20.1 Å². The second-order valence-electron chi connectivity index (χ2n) is 5.36. The number of amides is 2. The van der Waals surface area contributed by atoms with Gasteiger partial charge in [-0.05, 0) is 29.7 Å². The molecule has 7 heteroatoms. The number of ether oxygens (including phenoxy) is 3. The van der Waals surface area contributed by atoms with Gasteiger partial charge in [-0.15, -0.1) is 0 Å². The highest BCUT2D eigenvalue weighted by Gasteiger charge is 2.11. The Hall–Kier alpha value is -3.22. The summed E-state index contributed by atoms with van der Waals surface area (Å²) in [7, 11) is 2.80. The van der Waals surface area contributed by atoms with Gasteiger partial charge in [-0.25, -0.2) is 9.59 Å². The Morgan fingerprint density at radius 2 is 1.73 bits per heavy atom. The summed E-state index contributed by atoms with van der Waals surface area (Å²) in [5, 5.41) is 5.02. The molecule has 0 saturated heterocycles. The monoisotopic (exact) mass is 358 g/mol. The summed E-state index contributed by atoms with van der Waals surface area (Å²) in [5.74, 6) is 0.776. The lowest BCUT2D eigenvalue weighted by Gasteiger charge is -2.13. The van der Waals surface area contributed by atoms with E-state index in [4.69, 9.17) is 9.47 Å². The van der Waals surface area contributed by atoms with Gasteiger partial charge in [-0.3, -0.25) is 0 Å². The molecule has 0 bridgehead atoms. The fourth-order valence-corrected chi connectivity index (χ4v) is 2.17. The first-order valence-electron chi connectivity index (χ1n) is 8.13. The van der Waals surface area contributed by atoms with E-state index in [9.17, 15) is 9.59 Å². The molecule has 0 unspecified atom stereocenters. The van der Waals surface area contributed by atoms with Crippen LogP contribution in [0.25, 0.3) is 0 Å². The van der Waals surface area contributed by atoms with E-state index in [0.29, 0.717) is 31.1 Å². The molecule has 0 aliphatic heterocycles. The van der Waals surface area contributed by atoms with Crippen LogP contribution in [0.15, 0.2) is 48.5 Å². The van der Waals surface area contributed by atoms with Gasteiger partial charge >= 0.3 is 12.2 Å². The van der Waals surface area contributed by atoms with Crippen molar-refractivity contribution in [3.05, 3.63) is 59.7 Å². The van der Waals surface area contributed by atoms with Crippen LogP contribution in [-0.2, 0) is 17.8 Å². The first-order valence-corrected chi connectivity index (χ1v) is 8.13. The Morgan fingerprint density at radius 1 is 0.962 bits per heavy atom. The summed E-state index contributed by atoms with van der Waals surface area (Å²) in [6.07, 6.45) is -0.475. The third-order valence-electron chi connectivity index (χ3n) is 3.52. The fourth-order valence-electron chi connectivity index (χ4n) is 2.17. The number of methoxy groups -OCH3 is 1. The molecular weight excluding hydrogens is 336 g/mol. The number of carbonyl (C=O) groups is 2. The molecule has 0 spiro atoms. The van der Waals surface area contributed by atoms with Gasteiger partial charge in [-0.1, -0.05) is 36.4 Å². The quantitative estimate of drug-likeness (QED) is 0.795. The summed E-state index contributed by atoms with van der Waals surface area (Å²) in [5.41, 5.74) is 1.92. The molecule has 2 amide bonds. The maximum atomic E-state index is 11.5. The number of hydrogen-bond donors (Lipinski definition) is 2.